The maximum Gasteiger partial charge on any atom is 0.306 e. The van der Waals surface area contributed by atoms with Crippen LogP contribution in [0.15, 0.2) is 0 Å². The zero-order valence-corrected chi connectivity index (χ0v) is 18.5. The molecule has 4 fully saturated rings. The topological polar surface area (TPSA) is 79.2 Å². The van der Waals surface area contributed by atoms with Crippen LogP contribution in [0.25, 0.3) is 0 Å². The fourth-order valence-electron chi connectivity index (χ4n) is 7.13. The van der Waals surface area contributed by atoms with Crippen molar-refractivity contribution in [3.8, 4) is 6.07 Å². The fraction of sp³-hybridized carbons (Fsp3) is 0.708. The molecule has 6 heteroatoms. The number of rotatable bonds is 5. The first kappa shape index (κ1) is 20.1. The molecule has 1 heterocycles. The van der Waals surface area contributed by atoms with Crippen LogP contribution in [0.1, 0.15) is 74.3 Å². The number of hydrogen-bond donors (Lipinski definition) is 1. The molecule has 4 saturated carbocycles. The molecule has 0 radical (unpaired) electrons. The summed E-state index contributed by atoms with van der Waals surface area (Å²) in [6, 6.07) is 2.26. The van der Waals surface area contributed by atoms with Crippen LogP contribution in [0, 0.1) is 40.4 Å². The zero-order valence-electron chi connectivity index (χ0n) is 17.7. The summed E-state index contributed by atoms with van der Waals surface area (Å²) in [5.74, 6) is 2.40. The molecule has 1 aromatic rings. The number of amides is 1. The van der Waals surface area contributed by atoms with Crippen LogP contribution >= 0.6 is 11.3 Å². The molecule has 1 N–H and O–H groups in total. The molecule has 1 aromatic heterocycles. The molecule has 4 bridgehead atoms. The maximum absolute atomic E-state index is 12.6. The van der Waals surface area contributed by atoms with E-state index in [4.69, 9.17) is 4.74 Å². The number of fused-ring (bicyclic) bond motifs is 1. The summed E-state index contributed by atoms with van der Waals surface area (Å²) < 4.78 is 5.38. The van der Waals surface area contributed by atoms with Crippen molar-refractivity contribution in [3.63, 3.8) is 0 Å². The van der Waals surface area contributed by atoms with E-state index in [-0.39, 0.29) is 23.9 Å². The second-order valence-electron chi connectivity index (χ2n) is 10.5. The van der Waals surface area contributed by atoms with Crippen LogP contribution in [0.2, 0.25) is 0 Å². The van der Waals surface area contributed by atoms with Gasteiger partial charge in [0.2, 0.25) is 0 Å². The SMILES string of the molecule is CC1CCc2c(sc(NC(=O)COC(=O)CC34CC5CC(CC(C5)C3)C4)c2C#N)C1. The lowest BCUT2D eigenvalue weighted by Crippen LogP contribution is -2.47. The van der Waals surface area contributed by atoms with Gasteiger partial charge in [-0.25, -0.2) is 0 Å². The lowest BCUT2D eigenvalue weighted by Gasteiger charge is -2.56. The molecule has 1 unspecified atom stereocenters. The third kappa shape index (κ3) is 3.77. The van der Waals surface area contributed by atoms with Gasteiger partial charge in [0.25, 0.3) is 5.91 Å². The highest BCUT2D eigenvalue weighted by Crippen LogP contribution is 2.61. The fourth-order valence-corrected chi connectivity index (χ4v) is 8.51. The van der Waals surface area contributed by atoms with Crippen molar-refractivity contribution >= 4 is 28.2 Å². The number of ether oxygens (including phenoxy) is 1. The summed E-state index contributed by atoms with van der Waals surface area (Å²) in [5, 5.41) is 13.0. The first-order chi connectivity index (χ1) is 14.4. The van der Waals surface area contributed by atoms with Gasteiger partial charge in [-0.15, -0.1) is 11.3 Å². The predicted octanol–water partition coefficient (Wildman–Crippen LogP) is 4.83. The first-order valence-corrected chi connectivity index (χ1v) is 12.2. The van der Waals surface area contributed by atoms with Gasteiger partial charge in [-0.3, -0.25) is 9.59 Å². The van der Waals surface area contributed by atoms with Gasteiger partial charge in [-0.2, -0.15) is 5.26 Å². The number of nitriles is 1. The Morgan fingerprint density at radius 2 is 1.87 bits per heavy atom. The Bertz CT molecular complexity index is 877. The lowest BCUT2D eigenvalue weighted by atomic mass is 9.49. The van der Waals surface area contributed by atoms with Gasteiger partial charge in [0.15, 0.2) is 6.61 Å². The van der Waals surface area contributed by atoms with Gasteiger partial charge in [0, 0.05) is 4.88 Å². The minimum Gasteiger partial charge on any atom is -0.456 e. The summed E-state index contributed by atoms with van der Waals surface area (Å²) in [6.07, 6.45) is 10.9. The van der Waals surface area contributed by atoms with E-state index in [0.717, 1.165) is 61.8 Å². The molecule has 0 saturated heterocycles. The summed E-state index contributed by atoms with van der Waals surface area (Å²) in [4.78, 5) is 26.2. The van der Waals surface area contributed by atoms with Crippen molar-refractivity contribution in [1.82, 2.24) is 0 Å². The van der Waals surface area contributed by atoms with E-state index >= 15 is 0 Å². The van der Waals surface area contributed by atoms with Crippen LogP contribution in [0.5, 0.6) is 0 Å². The molecule has 5 aliphatic rings. The third-order valence-corrected chi connectivity index (χ3v) is 9.09. The summed E-state index contributed by atoms with van der Waals surface area (Å²) in [6.45, 7) is 1.95. The molecule has 0 aliphatic heterocycles. The molecule has 1 atom stereocenters. The summed E-state index contributed by atoms with van der Waals surface area (Å²) >= 11 is 1.50. The van der Waals surface area contributed by atoms with Gasteiger partial charge in [-0.1, -0.05) is 6.92 Å². The van der Waals surface area contributed by atoms with Crippen LogP contribution in [-0.2, 0) is 27.2 Å². The number of nitrogens with one attached hydrogen (secondary N) is 1. The van der Waals surface area contributed by atoms with Gasteiger partial charge in [-0.05, 0) is 92.4 Å². The Hall–Kier alpha value is -1.87. The van der Waals surface area contributed by atoms with E-state index in [1.807, 2.05) is 0 Å². The third-order valence-electron chi connectivity index (χ3n) is 7.93. The van der Waals surface area contributed by atoms with Gasteiger partial charge >= 0.3 is 5.97 Å². The number of hydrogen-bond acceptors (Lipinski definition) is 5. The highest BCUT2D eigenvalue weighted by molar-refractivity contribution is 7.16. The van der Waals surface area contributed by atoms with E-state index in [9.17, 15) is 14.9 Å². The van der Waals surface area contributed by atoms with Crippen molar-refractivity contribution in [2.24, 2.45) is 29.1 Å². The van der Waals surface area contributed by atoms with Gasteiger partial charge in [0.05, 0.1) is 12.0 Å². The standard InChI is InChI=1S/C24H30N2O3S/c1-14-2-3-18-19(12-25)23(30-20(18)4-14)26-21(27)13-29-22(28)11-24-8-15-5-16(9-24)7-17(6-15)10-24/h14-17H,2-11,13H2,1H3,(H,26,27). The minimum atomic E-state index is -0.350. The molecule has 0 spiro atoms. The molecule has 160 valence electrons. The quantitative estimate of drug-likeness (QED) is 0.684. The molecule has 30 heavy (non-hydrogen) atoms. The van der Waals surface area contributed by atoms with E-state index in [1.165, 1.54) is 35.5 Å². The van der Waals surface area contributed by atoms with Crippen LogP contribution in [0.3, 0.4) is 0 Å². The Balaban J connectivity index is 1.16. The van der Waals surface area contributed by atoms with Crippen molar-refractivity contribution < 1.29 is 14.3 Å². The Labute approximate surface area is 182 Å². The van der Waals surface area contributed by atoms with Crippen molar-refractivity contribution in [1.29, 1.82) is 5.26 Å². The summed E-state index contributed by atoms with van der Waals surface area (Å²) in [7, 11) is 0. The van der Waals surface area contributed by atoms with E-state index in [0.29, 0.717) is 22.9 Å². The Morgan fingerprint density at radius 3 is 2.50 bits per heavy atom. The number of nitrogens with zero attached hydrogens (tertiary/aromatic N) is 1. The molecule has 5 aliphatic carbocycles. The van der Waals surface area contributed by atoms with Crippen molar-refractivity contribution in [2.75, 3.05) is 11.9 Å². The number of esters is 1. The van der Waals surface area contributed by atoms with Crippen LogP contribution in [0.4, 0.5) is 5.00 Å². The average molecular weight is 427 g/mol. The second-order valence-corrected chi connectivity index (χ2v) is 11.6. The highest BCUT2D eigenvalue weighted by atomic mass is 32.1. The monoisotopic (exact) mass is 426 g/mol. The molecule has 0 aromatic carbocycles. The van der Waals surface area contributed by atoms with Gasteiger partial charge < -0.3 is 10.1 Å². The maximum atomic E-state index is 12.6. The molecular weight excluding hydrogens is 396 g/mol. The van der Waals surface area contributed by atoms with Gasteiger partial charge in [0.1, 0.15) is 11.1 Å². The predicted molar refractivity (Wildman–Crippen MR) is 115 cm³/mol. The lowest BCUT2D eigenvalue weighted by molar-refractivity contribution is -0.154. The second kappa shape index (κ2) is 7.67. The van der Waals surface area contributed by atoms with Crippen LogP contribution in [-0.4, -0.2) is 18.5 Å². The molecule has 6 rings (SSSR count). The number of carbonyl (C=O) groups excluding carboxylic acids is 2. The normalized spacial score (nSPS) is 33.6. The minimum absolute atomic E-state index is 0.125. The zero-order chi connectivity index (χ0) is 20.9. The van der Waals surface area contributed by atoms with Crippen LogP contribution < -0.4 is 5.32 Å². The first-order valence-electron chi connectivity index (χ1n) is 11.4. The summed E-state index contributed by atoms with van der Waals surface area (Å²) in [5.41, 5.74) is 1.81. The van der Waals surface area contributed by atoms with E-state index in [1.54, 1.807) is 0 Å². The van der Waals surface area contributed by atoms with Crippen molar-refractivity contribution in [2.45, 2.75) is 71.1 Å². The molecular formula is C24H30N2O3S. The smallest absolute Gasteiger partial charge is 0.306 e. The highest BCUT2D eigenvalue weighted by Gasteiger charge is 2.51. The largest absolute Gasteiger partial charge is 0.456 e. The number of carbonyl (C=O) groups is 2. The number of thiophene rings is 1. The van der Waals surface area contributed by atoms with Crippen molar-refractivity contribution in [3.05, 3.63) is 16.0 Å². The van der Waals surface area contributed by atoms with E-state index in [2.05, 4.69) is 18.3 Å². The van der Waals surface area contributed by atoms with E-state index < -0.39 is 0 Å². The Morgan fingerprint density at radius 1 is 1.20 bits per heavy atom. The molecule has 5 nitrogen and oxygen atoms in total. The average Bonchev–Trinajstić information content (AvgIpc) is 3.00. The number of anilines is 1. The Kier molecular flexibility index (Phi) is 5.13. The molecule has 1 amide bonds.